The highest BCUT2D eigenvalue weighted by Gasteiger charge is 2.55. The van der Waals surface area contributed by atoms with Crippen molar-refractivity contribution in [2.24, 2.45) is 35.5 Å². The highest BCUT2D eigenvalue weighted by atomic mass is 32.1. The average Bonchev–Trinajstić information content (AvgIpc) is 2.23. The first-order valence-corrected chi connectivity index (χ1v) is 6.46. The Morgan fingerprint density at radius 2 is 1.93 bits per heavy atom. The summed E-state index contributed by atoms with van der Waals surface area (Å²) in [5.41, 5.74) is 0. The summed E-state index contributed by atoms with van der Waals surface area (Å²) >= 11 is 5.69. The second kappa shape index (κ2) is 2.49. The fourth-order valence-corrected chi connectivity index (χ4v) is 5.38. The van der Waals surface area contributed by atoms with Gasteiger partial charge in [-0.05, 0) is 66.1 Å². The Hall–Kier alpha value is -0.170. The van der Waals surface area contributed by atoms with Gasteiger partial charge in [-0.15, -0.1) is 0 Å². The van der Waals surface area contributed by atoms with Crippen LogP contribution in [-0.2, 0) is 0 Å². The van der Waals surface area contributed by atoms with Crippen molar-refractivity contribution < 1.29 is 0 Å². The molecule has 0 nitrogen and oxygen atoms in total. The van der Waals surface area contributed by atoms with E-state index in [4.69, 9.17) is 12.2 Å². The predicted octanol–water partition coefficient (Wildman–Crippen LogP) is 3.22. The lowest BCUT2D eigenvalue weighted by Gasteiger charge is -2.59. The van der Waals surface area contributed by atoms with Crippen LogP contribution in [0.3, 0.4) is 0 Å². The van der Waals surface area contributed by atoms with Crippen molar-refractivity contribution in [2.75, 3.05) is 0 Å². The highest BCUT2D eigenvalue weighted by molar-refractivity contribution is 7.80. The highest BCUT2D eigenvalue weighted by Crippen LogP contribution is 2.60. The molecule has 0 aromatic rings. The van der Waals surface area contributed by atoms with Gasteiger partial charge in [0.15, 0.2) is 0 Å². The zero-order valence-corrected chi connectivity index (χ0v) is 9.17. The summed E-state index contributed by atoms with van der Waals surface area (Å²) in [6.07, 6.45) is 10.7. The van der Waals surface area contributed by atoms with E-state index in [2.05, 4.69) is 12.2 Å². The molecule has 6 atom stereocenters. The van der Waals surface area contributed by atoms with Gasteiger partial charge in [-0.25, -0.2) is 0 Å². The second-order valence-electron chi connectivity index (χ2n) is 5.76. The van der Waals surface area contributed by atoms with E-state index in [1.54, 1.807) is 0 Å². The Kier molecular flexibility index (Phi) is 1.43. The quantitative estimate of drug-likeness (QED) is 0.431. The van der Waals surface area contributed by atoms with Gasteiger partial charge in [-0.3, -0.25) is 0 Å². The molecule has 74 valence electrons. The molecule has 0 aliphatic heterocycles. The van der Waals surface area contributed by atoms with E-state index in [1.165, 1.54) is 30.5 Å². The van der Waals surface area contributed by atoms with Gasteiger partial charge in [0.2, 0.25) is 0 Å². The van der Waals surface area contributed by atoms with Crippen LogP contribution in [0.1, 0.15) is 25.7 Å². The Morgan fingerprint density at radius 1 is 1.07 bits per heavy atom. The Morgan fingerprint density at radius 3 is 2.86 bits per heavy atom. The molecule has 14 heavy (non-hydrogen) atoms. The molecule has 0 heterocycles. The summed E-state index contributed by atoms with van der Waals surface area (Å²) < 4.78 is 0. The van der Waals surface area contributed by atoms with E-state index in [0.717, 1.165) is 35.5 Å². The van der Waals surface area contributed by atoms with Crippen molar-refractivity contribution in [2.45, 2.75) is 25.7 Å². The van der Waals surface area contributed by atoms with Crippen molar-refractivity contribution in [1.82, 2.24) is 0 Å². The molecular weight excluding hydrogens is 188 g/mol. The van der Waals surface area contributed by atoms with E-state index < -0.39 is 0 Å². The largest absolute Gasteiger partial charge is 0.0890 e. The van der Waals surface area contributed by atoms with Crippen LogP contribution in [0.5, 0.6) is 0 Å². The fraction of sp³-hybridized carbons (Fsp3) is 0.769. The minimum absolute atomic E-state index is 0.806. The Balaban J connectivity index is 1.88. The third-order valence-electron chi connectivity index (χ3n) is 5.30. The smallest absolute Gasteiger partial charge is 0.0000533 e. The first kappa shape index (κ1) is 8.04. The molecule has 0 N–H and O–H groups in total. The molecule has 4 unspecified atom stereocenters. The van der Waals surface area contributed by atoms with Crippen molar-refractivity contribution in [1.29, 1.82) is 0 Å². The van der Waals surface area contributed by atoms with Crippen molar-refractivity contribution in [3.05, 3.63) is 12.2 Å². The molecule has 6 bridgehead atoms. The Bertz CT molecular complexity index is 330. The van der Waals surface area contributed by atoms with Gasteiger partial charge in [-0.1, -0.05) is 24.4 Å². The van der Waals surface area contributed by atoms with Crippen LogP contribution in [0.4, 0.5) is 0 Å². The van der Waals surface area contributed by atoms with Gasteiger partial charge in [-0.2, -0.15) is 0 Å². The molecular formula is C13H16S. The predicted molar refractivity (Wildman–Crippen MR) is 61.1 cm³/mol. The first-order valence-electron chi connectivity index (χ1n) is 6.05. The molecule has 4 fully saturated rings. The number of rotatable bonds is 0. The maximum atomic E-state index is 5.69. The number of allylic oxidation sites excluding steroid dienone is 2. The van der Waals surface area contributed by atoms with Gasteiger partial charge in [0.05, 0.1) is 0 Å². The molecule has 0 aromatic heterocycles. The molecule has 0 amide bonds. The van der Waals surface area contributed by atoms with Crippen LogP contribution >= 0.6 is 12.2 Å². The molecule has 5 aliphatic carbocycles. The summed E-state index contributed by atoms with van der Waals surface area (Å²) in [7, 11) is 0. The second-order valence-corrected chi connectivity index (χ2v) is 6.23. The van der Waals surface area contributed by atoms with Crippen LogP contribution in [0.2, 0.25) is 0 Å². The number of hydrogen-bond donors (Lipinski definition) is 0. The van der Waals surface area contributed by atoms with Crippen molar-refractivity contribution in [3.8, 4) is 0 Å². The summed E-state index contributed by atoms with van der Waals surface area (Å²) in [6.45, 7) is 0. The Labute approximate surface area is 90.8 Å². The molecule has 0 saturated heterocycles. The van der Waals surface area contributed by atoms with E-state index in [9.17, 15) is 0 Å². The van der Waals surface area contributed by atoms with Crippen LogP contribution in [-0.4, -0.2) is 4.86 Å². The molecule has 4 saturated carbocycles. The van der Waals surface area contributed by atoms with Crippen LogP contribution < -0.4 is 0 Å². The maximum absolute atomic E-state index is 5.69. The van der Waals surface area contributed by atoms with Gasteiger partial charge in [0.25, 0.3) is 0 Å². The molecule has 1 heteroatoms. The van der Waals surface area contributed by atoms with E-state index in [1.807, 2.05) is 0 Å². The van der Waals surface area contributed by atoms with Crippen molar-refractivity contribution >= 4 is 17.1 Å². The minimum Gasteiger partial charge on any atom is -0.0890 e. The molecule has 0 spiro atoms. The lowest BCUT2D eigenvalue weighted by Crippen LogP contribution is -2.55. The van der Waals surface area contributed by atoms with Crippen molar-refractivity contribution in [3.63, 3.8) is 0 Å². The number of hydrogen-bond acceptors (Lipinski definition) is 1. The summed E-state index contributed by atoms with van der Waals surface area (Å²) in [6, 6.07) is 0. The number of thiocarbonyl (C=S) groups is 1. The maximum Gasteiger partial charge on any atom is -0.0000533 e. The molecule has 0 radical (unpaired) electrons. The van der Waals surface area contributed by atoms with Crippen LogP contribution in [0.15, 0.2) is 12.2 Å². The summed E-state index contributed by atoms with van der Waals surface area (Å²) in [4.78, 5) is 1.47. The lowest BCUT2D eigenvalue weighted by molar-refractivity contribution is 0.00717. The van der Waals surface area contributed by atoms with E-state index in [-0.39, 0.29) is 0 Å². The van der Waals surface area contributed by atoms with Gasteiger partial charge in [0.1, 0.15) is 0 Å². The third kappa shape index (κ3) is 0.793. The third-order valence-corrected chi connectivity index (χ3v) is 5.91. The SMILES string of the molecule is S=C1C2CC3CC1[C@H]1CC=C[C@@H]2C1C3. The monoisotopic (exact) mass is 204 g/mol. The molecule has 5 rings (SSSR count). The summed E-state index contributed by atoms with van der Waals surface area (Å²) in [5.74, 6) is 5.52. The topological polar surface area (TPSA) is 0 Å². The van der Waals surface area contributed by atoms with Crippen LogP contribution in [0, 0.1) is 35.5 Å². The van der Waals surface area contributed by atoms with E-state index in [0.29, 0.717) is 0 Å². The summed E-state index contributed by atoms with van der Waals surface area (Å²) in [5, 5.41) is 0. The standard InChI is InChI=1S/C13H16S/c14-13-11-5-7-4-10-8(11)2-1-3-9(10)12(13)6-7/h1-2,7-12H,3-6H2/t7?,8-,9+,10?,11?,12?/m1/s1. The van der Waals surface area contributed by atoms with E-state index >= 15 is 0 Å². The molecule has 5 aliphatic rings. The average molecular weight is 204 g/mol. The van der Waals surface area contributed by atoms with Crippen LogP contribution in [0.25, 0.3) is 0 Å². The fourth-order valence-electron chi connectivity index (χ4n) is 4.85. The normalized spacial score (nSPS) is 58.1. The molecule has 0 aromatic carbocycles. The zero-order valence-electron chi connectivity index (χ0n) is 8.36. The van der Waals surface area contributed by atoms with Gasteiger partial charge < -0.3 is 0 Å². The lowest BCUT2D eigenvalue weighted by atomic mass is 9.46. The first-order chi connectivity index (χ1) is 6.84. The zero-order chi connectivity index (χ0) is 9.28. The minimum atomic E-state index is 0.806. The van der Waals surface area contributed by atoms with Gasteiger partial charge >= 0.3 is 0 Å². The van der Waals surface area contributed by atoms with Gasteiger partial charge in [0, 0.05) is 0 Å².